The Hall–Kier alpha value is -2.68. The van der Waals surface area contributed by atoms with Crippen molar-refractivity contribution < 1.29 is 13.2 Å². The van der Waals surface area contributed by atoms with Crippen LogP contribution < -0.4 is 5.32 Å². The van der Waals surface area contributed by atoms with E-state index in [4.69, 9.17) is 5.26 Å². The molecule has 3 aromatic heterocycles. The molecule has 1 fully saturated rings. The maximum absolute atomic E-state index is 12.8. The minimum Gasteiger partial charge on any atom is -0.367 e. The lowest BCUT2D eigenvalue weighted by Gasteiger charge is -2.33. The first kappa shape index (κ1) is 23.1. The van der Waals surface area contributed by atoms with Crippen LogP contribution in [0.4, 0.5) is 19.0 Å². The number of nitrogens with one attached hydrogen (secondary N) is 2. The molecule has 1 aliphatic heterocycles. The number of fused-ring (bicyclic) bond motifs is 2. The van der Waals surface area contributed by atoms with Crippen LogP contribution in [0.1, 0.15) is 29.0 Å². The van der Waals surface area contributed by atoms with Crippen LogP contribution in [0, 0.1) is 11.3 Å². The Balaban J connectivity index is 1.23. The van der Waals surface area contributed by atoms with Crippen LogP contribution >= 0.6 is 27.3 Å². The average molecular weight is 549 g/mol. The molecule has 5 rings (SSSR count). The molecule has 6 nitrogen and oxygen atoms in total. The number of likely N-dealkylation sites (tertiary alicyclic amines) is 1. The fraction of sp³-hybridized carbons (Fsp3) is 0.348. The summed E-state index contributed by atoms with van der Waals surface area (Å²) in [5.74, 6) is 0.599. The number of thiophene rings is 1. The SMILES string of the molecule is N#Cc1cc2c(Br)c(CN3CCC(Nc4ncnc5sc(CC(F)(F)F)cc45)CC3)ccc2[nH]1. The van der Waals surface area contributed by atoms with E-state index in [1.165, 1.54) is 6.33 Å². The summed E-state index contributed by atoms with van der Waals surface area (Å²) in [5, 5.41) is 14.2. The van der Waals surface area contributed by atoms with Gasteiger partial charge in [0.25, 0.3) is 0 Å². The first-order valence-corrected chi connectivity index (χ1v) is 12.4. The predicted octanol–water partition coefficient (Wildman–Crippen LogP) is 5.99. The van der Waals surface area contributed by atoms with Gasteiger partial charge < -0.3 is 10.3 Å². The summed E-state index contributed by atoms with van der Waals surface area (Å²) in [6.07, 6.45) is -2.00. The van der Waals surface area contributed by atoms with Gasteiger partial charge >= 0.3 is 6.18 Å². The van der Waals surface area contributed by atoms with E-state index in [-0.39, 0.29) is 10.9 Å². The Bertz CT molecular complexity index is 1380. The van der Waals surface area contributed by atoms with Crippen molar-refractivity contribution in [1.29, 1.82) is 5.26 Å². The number of hydrogen-bond acceptors (Lipinski definition) is 6. The van der Waals surface area contributed by atoms with Gasteiger partial charge in [-0.25, -0.2) is 9.97 Å². The van der Waals surface area contributed by atoms with Gasteiger partial charge in [-0.3, -0.25) is 4.90 Å². The van der Waals surface area contributed by atoms with Gasteiger partial charge in [0, 0.05) is 45.9 Å². The molecule has 4 aromatic rings. The summed E-state index contributed by atoms with van der Waals surface area (Å²) in [7, 11) is 0. The number of aromatic amines is 1. The lowest BCUT2D eigenvalue weighted by molar-refractivity contribution is -0.126. The largest absolute Gasteiger partial charge is 0.393 e. The summed E-state index contributed by atoms with van der Waals surface area (Å²) in [6.45, 7) is 2.56. The number of piperidine rings is 1. The van der Waals surface area contributed by atoms with Crippen LogP contribution in [0.2, 0.25) is 0 Å². The zero-order valence-electron chi connectivity index (χ0n) is 17.9. The number of nitrogens with zero attached hydrogens (tertiary/aromatic N) is 4. The monoisotopic (exact) mass is 548 g/mol. The van der Waals surface area contributed by atoms with E-state index in [0.717, 1.165) is 64.8 Å². The van der Waals surface area contributed by atoms with E-state index in [1.54, 1.807) is 6.07 Å². The van der Waals surface area contributed by atoms with E-state index in [1.807, 2.05) is 12.1 Å². The van der Waals surface area contributed by atoms with Gasteiger partial charge in [0.15, 0.2) is 0 Å². The van der Waals surface area contributed by atoms with Crippen molar-refractivity contribution in [3.05, 3.63) is 51.2 Å². The van der Waals surface area contributed by atoms with E-state index in [0.29, 0.717) is 21.7 Å². The average Bonchev–Trinajstić information content (AvgIpc) is 3.40. The zero-order chi connectivity index (χ0) is 23.9. The predicted molar refractivity (Wildman–Crippen MR) is 130 cm³/mol. The molecule has 0 amide bonds. The minimum atomic E-state index is -4.24. The van der Waals surface area contributed by atoms with Crippen molar-refractivity contribution >= 4 is 54.2 Å². The third kappa shape index (κ3) is 4.89. The van der Waals surface area contributed by atoms with E-state index in [2.05, 4.69) is 53.2 Å². The Morgan fingerprint density at radius 3 is 2.74 bits per heavy atom. The van der Waals surface area contributed by atoms with Gasteiger partial charge in [0.2, 0.25) is 0 Å². The second kappa shape index (κ2) is 9.17. The number of benzene rings is 1. The summed E-state index contributed by atoms with van der Waals surface area (Å²) >= 11 is 4.76. The van der Waals surface area contributed by atoms with Crippen molar-refractivity contribution in [2.45, 2.75) is 38.0 Å². The molecule has 0 saturated carbocycles. The van der Waals surface area contributed by atoms with Crippen molar-refractivity contribution in [3.63, 3.8) is 0 Å². The Kier molecular flexibility index (Phi) is 6.22. The van der Waals surface area contributed by atoms with Crippen molar-refractivity contribution in [3.8, 4) is 6.07 Å². The van der Waals surface area contributed by atoms with Gasteiger partial charge in [0.1, 0.15) is 28.7 Å². The summed E-state index contributed by atoms with van der Waals surface area (Å²) in [4.78, 5) is 14.7. The van der Waals surface area contributed by atoms with E-state index in [9.17, 15) is 13.2 Å². The molecule has 0 radical (unpaired) electrons. The van der Waals surface area contributed by atoms with Crippen LogP contribution in [-0.2, 0) is 13.0 Å². The summed E-state index contributed by atoms with van der Waals surface area (Å²) in [5.41, 5.74) is 2.63. The molecule has 2 N–H and O–H groups in total. The number of halogens is 4. The summed E-state index contributed by atoms with van der Waals surface area (Å²) < 4.78 is 39.4. The quantitative estimate of drug-likeness (QED) is 0.320. The van der Waals surface area contributed by atoms with Gasteiger partial charge in [0.05, 0.1) is 11.8 Å². The lowest BCUT2D eigenvalue weighted by atomic mass is 10.0. The molecule has 1 aliphatic rings. The molecule has 0 bridgehead atoms. The second-order valence-electron chi connectivity index (χ2n) is 8.44. The molecule has 34 heavy (non-hydrogen) atoms. The third-order valence-corrected chi connectivity index (χ3v) is 8.00. The normalized spacial score (nSPS) is 15.7. The molecule has 176 valence electrons. The fourth-order valence-electron chi connectivity index (χ4n) is 4.37. The lowest BCUT2D eigenvalue weighted by Crippen LogP contribution is -2.38. The van der Waals surface area contributed by atoms with Crippen LogP contribution in [0.15, 0.2) is 35.1 Å². The standard InChI is InChI=1S/C23H20BrF3N6S/c24-20-13(1-2-19-17(20)7-15(10-28)31-19)11-33-5-3-14(4-6-33)32-21-18-8-16(9-23(25,26)27)34-22(18)30-12-29-21/h1-2,7-8,12,14,31H,3-6,9,11H2,(H,29,30,32). The Morgan fingerprint density at radius 1 is 1.21 bits per heavy atom. The third-order valence-electron chi connectivity index (χ3n) is 6.02. The Morgan fingerprint density at radius 2 is 2.00 bits per heavy atom. The number of rotatable bonds is 5. The molecule has 0 unspecified atom stereocenters. The maximum atomic E-state index is 12.8. The molecule has 1 saturated heterocycles. The minimum absolute atomic E-state index is 0.189. The van der Waals surface area contributed by atoms with Crippen LogP contribution in [0.3, 0.4) is 0 Å². The van der Waals surface area contributed by atoms with Crippen molar-refractivity contribution in [1.82, 2.24) is 19.9 Å². The van der Waals surface area contributed by atoms with Crippen LogP contribution in [0.5, 0.6) is 0 Å². The highest BCUT2D eigenvalue weighted by Gasteiger charge is 2.29. The van der Waals surface area contributed by atoms with Crippen LogP contribution in [0.25, 0.3) is 21.1 Å². The molecule has 4 heterocycles. The second-order valence-corrected chi connectivity index (χ2v) is 10.3. The number of H-pyrrole nitrogens is 1. The van der Waals surface area contributed by atoms with E-state index < -0.39 is 12.6 Å². The molecular weight excluding hydrogens is 529 g/mol. The van der Waals surface area contributed by atoms with Crippen molar-refractivity contribution in [2.24, 2.45) is 0 Å². The molecule has 11 heteroatoms. The number of anilines is 1. The maximum Gasteiger partial charge on any atom is 0.393 e. The van der Waals surface area contributed by atoms with Gasteiger partial charge in [-0.05, 0) is 52.5 Å². The molecule has 0 aliphatic carbocycles. The first-order valence-electron chi connectivity index (χ1n) is 10.8. The van der Waals surface area contributed by atoms with Crippen molar-refractivity contribution in [2.75, 3.05) is 18.4 Å². The molecule has 1 aromatic carbocycles. The van der Waals surface area contributed by atoms with E-state index >= 15 is 0 Å². The van der Waals surface area contributed by atoms with Gasteiger partial charge in [-0.2, -0.15) is 18.4 Å². The number of alkyl halides is 3. The number of aromatic nitrogens is 3. The fourth-order valence-corrected chi connectivity index (χ4v) is 5.98. The highest BCUT2D eigenvalue weighted by Crippen LogP contribution is 2.34. The summed E-state index contributed by atoms with van der Waals surface area (Å²) in [6, 6.07) is 9.80. The first-order chi connectivity index (χ1) is 16.3. The van der Waals surface area contributed by atoms with Crippen LogP contribution in [-0.4, -0.2) is 45.2 Å². The topological polar surface area (TPSA) is 80.6 Å². The highest BCUT2D eigenvalue weighted by atomic mass is 79.9. The van der Waals surface area contributed by atoms with Gasteiger partial charge in [-0.15, -0.1) is 11.3 Å². The highest BCUT2D eigenvalue weighted by molar-refractivity contribution is 9.10. The number of hydrogen-bond donors (Lipinski definition) is 2. The molecule has 0 spiro atoms. The smallest absolute Gasteiger partial charge is 0.367 e. The zero-order valence-corrected chi connectivity index (χ0v) is 20.3. The molecule has 0 atom stereocenters. The Labute approximate surface area is 205 Å². The molecular formula is C23H20BrF3N6S. The van der Waals surface area contributed by atoms with Gasteiger partial charge in [-0.1, -0.05) is 6.07 Å². The number of nitriles is 1.